The Morgan fingerprint density at radius 3 is 2.02 bits per heavy atom. The van der Waals surface area contributed by atoms with E-state index in [0.29, 0.717) is 17.5 Å². The molecule has 2 unspecified atom stereocenters. The minimum absolute atomic E-state index is 0.0290. The van der Waals surface area contributed by atoms with Crippen LogP contribution in [0.1, 0.15) is 28.8 Å². The number of rotatable bonds is 5. The smallest absolute Gasteiger partial charge is 0.167 e. The summed E-state index contributed by atoms with van der Waals surface area (Å²) in [4.78, 5) is 15.6. The molecule has 2 atom stereocenters. The van der Waals surface area contributed by atoms with Gasteiger partial charge < -0.3 is 13.7 Å². The van der Waals surface area contributed by atoms with Gasteiger partial charge in [-0.15, -0.1) is 0 Å². The number of ether oxygens (including phenoxy) is 1. The van der Waals surface area contributed by atoms with Crippen molar-refractivity contribution in [3.63, 3.8) is 0 Å². The molecule has 0 N–H and O–H groups in total. The zero-order chi connectivity index (χ0) is 37.5. The maximum absolute atomic E-state index is 7.16. The summed E-state index contributed by atoms with van der Waals surface area (Å²) in [6.45, 7) is 0. The second-order valence-electron chi connectivity index (χ2n) is 14.7. The van der Waals surface area contributed by atoms with E-state index >= 15 is 0 Å². The van der Waals surface area contributed by atoms with Gasteiger partial charge in [-0.3, -0.25) is 0 Å². The molecule has 0 bridgehead atoms. The van der Waals surface area contributed by atoms with E-state index in [2.05, 4.69) is 156 Å². The van der Waals surface area contributed by atoms with E-state index in [1.165, 1.54) is 10.9 Å². The van der Waals surface area contributed by atoms with Crippen molar-refractivity contribution < 1.29 is 9.15 Å². The average molecular weight is 733 g/mol. The number of hydrogen-bond acceptors (Lipinski definition) is 5. The number of nitrogens with zero attached hydrogens (tertiary/aromatic N) is 4. The van der Waals surface area contributed by atoms with E-state index in [9.17, 15) is 0 Å². The van der Waals surface area contributed by atoms with E-state index in [1.807, 2.05) is 30.3 Å². The summed E-state index contributed by atoms with van der Waals surface area (Å²) in [5.41, 5.74) is 12.2. The second kappa shape index (κ2) is 12.5. The maximum Gasteiger partial charge on any atom is 0.167 e. The van der Waals surface area contributed by atoms with Gasteiger partial charge in [0.25, 0.3) is 0 Å². The van der Waals surface area contributed by atoms with Gasteiger partial charge in [-0.05, 0) is 65.7 Å². The highest BCUT2D eigenvalue weighted by Crippen LogP contribution is 2.55. The Morgan fingerprint density at radius 1 is 0.491 bits per heavy atom. The monoisotopic (exact) mass is 732 g/mol. The molecule has 57 heavy (non-hydrogen) atoms. The van der Waals surface area contributed by atoms with Crippen LogP contribution in [0.3, 0.4) is 0 Å². The molecule has 10 aromatic rings. The number of aromatic nitrogens is 4. The van der Waals surface area contributed by atoms with Gasteiger partial charge in [0.15, 0.2) is 17.5 Å². The average Bonchev–Trinajstić information content (AvgIpc) is 3.96. The number of hydrogen-bond donors (Lipinski definition) is 0. The fraction of sp³-hybridized carbons (Fsp3) is 0.0392. The normalized spacial score (nSPS) is 15.4. The lowest BCUT2D eigenvalue weighted by Gasteiger charge is -2.22. The van der Waals surface area contributed by atoms with Crippen molar-refractivity contribution in [2.75, 3.05) is 0 Å². The van der Waals surface area contributed by atoms with Crippen LogP contribution in [0.15, 0.2) is 180 Å². The molecule has 0 radical (unpaired) electrons. The molecule has 268 valence electrons. The molecule has 0 amide bonds. The molecule has 6 heteroatoms. The van der Waals surface area contributed by atoms with Crippen molar-refractivity contribution >= 4 is 38.9 Å². The second-order valence-corrected chi connectivity index (χ2v) is 14.7. The molecule has 7 aromatic carbocycles. The van der Waals surface area contributed by atoms with Crippen molar-refractivity contribution in [3.05, 3.63) is 193 Å². The molecule has 0 saturated heterocycles. The predicted molar refractivity (Wildman–Crippen MR) is 227 cm³/mol. The van der Waals surface area contributed by atoms with Crippen molar-refractivity contribution in [1.29, 1.82) is 0 Å². The van der Waals surface area contributed by atoms with Gasteiger partial charge in [-0.2, -0.15) is 0 Å². The Balaban J connectivity index is 1.02. The summed E-state index contributed by atoms with van der Waals surface area (Å²) in [6.07, 6.45) is 4.35. The third-order valence-electron chi connectivity index (χ3n) is 11.4. The minimum atomic E-state index is -0.213. The van der Waals surface area contributed by atoms with Gasteiger partial charge in [0.2, 0.25) is 0 Å². The first-order valence-corrected chi connectivity index (χ1v) is 19.3. The van der Waals surface area contributed by atoms with Crippen molar-refractivity contribution in [2.24, 2.45) is 0 Å². The van der Waals surface area contributed by atoms with Crippen LogP contribution in [0.2, 0.25) is 0 Å². The lowest BCUT2D eigenvalue weighted by Crippen LogP contribution is -2.13. The van der Waals surface area contributed by atoms with Gasteiger partial charge in [0.1, 0.15) is 23.0 Å². The fourth-order valence-electron chi connectivity index (χ4n) is 8.82. The number of benzene rings is 7. The zero-order valence-electron chi connectivity index (χ0n) is 30.6. The summed E-state index contributed by atoms with van der Waals surface area (Å²) in [7, 11) is 0. The van der Waals surface area contributed by atoms with Crippen LogP contribution in [0.25, 0.3) is 89.9 Å². The Bertz CT molecular complexity index is 3240. The Kier molecular flexibility index (Phi) is 6.95. The van der Waals surface area contributed by atoms with Crippen molar-refractivity contribution in [1.82, 2.24) is 19.5 Å². The first-order chi connectivity index (χ1) is 28.2. The summed E-state index contributed by atoms with van der Waals surface area (Å²) < 4.78 is 15.8. The van der Waals surface area contributed by atoms with Gasteiger partial charge in [0.05, 0.1) is 16.8 Å². The van der Waals surface area contributed by atoms with Crippen molar-refractivity contribution in [3.8, 4) is 56.7 Å². The molecule has 0 spiro atoms. The van der Waals surface area contributed by atoms with E-state index in [0.717, 1.165) is 78.0 Å². The van der Waals surface area contributed by atoms with E-state index in [1.54, 1.807) is 0 Å². The van der Waals surface area contributed by atoms with Crippen LogP contribution in [0.4, 0.5) is 0 Å². The summed E-state index contributed by atoms with van der Waals surface area (Å²) >= 11 is 0. The Hall–Kier alpha value is -7.57. The Morgan fingerprint density at radius 2 is 1.16 bits per heavy atom. The van der Waals surface area contributed by atoms with Gasteiger partial charge in [0, 0.05) is 50.0 Å². The zero-order valence-corrected chi connectivity index (χ0v) is 30.6. The summed E-state index contributed by atoms with van der Waals surface area (Å²) in [5, 5.41) is 3.32. The van der Waals surface area contributed by atoms with Crippen molar-refractivity contribution in [2.45, 2.75) is 12.0 Å². The van der Waals surface area contributed by atoms with E-state index in [4.69, 9.17) is 24.1 Å². The molecule has 4 heterocycles. The lowest BCUT2D eigenvalue weighted by atomic mass is 9.85. The van der Waals surface area contributed by atoms with Gasteiger partial charge >= 0.3 is 0 Å². The summed E-state index contributed by atoms with van der Waals surface area (Å²) in [5.74, 6) is 2.52. The van der Waals surface area contributed by atoms with Crippen LogP contribution in [0, 0.1) is 0 Å². The molecule has 0 fully saturated rings. The number of para-hydroxylation sites is 4. The molecule has 0 saturated carbocycles. The molecule has 1 aliphatic heterocycles. The molecule has 1 aliphatic carbocycles. The topological polar surface area (TPSA) is 66.0 Å². The summed E-state index contributed by atoms with van der Waals surface area (Å²) in [6, 6.07) is 58.6. The van der Waals surface area contributed by atoms with Crippen LogP contribution in [-0.4, -0.2) is 19.5 Å². The van der Waals surface area contributed by atoms with Crippen LogP contribution in [0.5, 0.6) is 5.75 Å². The molecule has 3 aromatic heterocycles. The highest BCUT2D eigenvalue weighted by atomic mass is 16.5. The molecular formula is C51H32N4O2. The lowest BCUT2D eigenvalue weighted by molar-refractivity contribution is 0.225. The first kappa shape index (κ1) is 31.7. The molecule has 2 aliphatic rings. The first-order valence-electron chi connectivity index (χ1n) is 19.3. The largest absolute Gasteiger partial charge is 0.484 e. The Labute approximate surface area is 328 Å². The number of fused-ring (bicyclic) bond motifs is 10. The quantitative estimate of drug-likeness (QED) is 0.176. The van der Waals surface area contributed by atoms with E-state index < -0.39 is 0 Å². The predicted octanol–water partition coefficient (Wildman–Crippen LogP) is 12.6. The van der Waals surface area contributed by atoms with Crippen LogP contribution < -0.4 is 4.74 Å². The third-order valence-corrected chi connectivity index (χ3v) is 11.4. The van der Waals surface area contributed by atoms with Gasteiger partial charge in [-0.1, -0.05) is 127 Å². The number of furan rings is 1. The molecular weight excluding hydrogens is 701 g/mol. The third kappa shape index (κ3) is 5.00. The maximum atomic E-state index is 7.16. The molecule has 6 nitrogen and oxygen atoms in total. The standard InChI is InChI=1S/C51H32N4O2/c1-3-13-31(14-4-1)32-15-11-16-33(29-32)49-52-50(34-25-26-37-36-19-8-10-24-44(36)56-45(37)30-34)54-51(53-49)41-22-12-21-38-39-27-28-43-46(48(39)57-47(38)41)40-20-7-9-23-42(40)55(43)35-17-5-2-6-18-35/h1-30,39,48H. The SMILES string of the molecule is C1=CC2c3cccc(-c4nc(-c5cccc(-c6ccccc6)c5)nc(-c5ccc6c(c5)oc5ccccc56)n4)c3OC2c2c1n(-c1ccccc1)c1ccccc21. The highest BCUT2D eigenvalue weighted by molar-refractivity contribution is 6.05. The van der Waals surface area contributed by atoms with Crippen LogP contribution >= 0.6 is 0 Å². The van der Waals surface area contributed by atoms with Gasteiger partial charge in [-0.25, -0.2) is 15.0 Å². The van der Waals surface area contributed by atoms with E-state index in [-0.39, 0.29) is 12.0 Å². The van der Waals surface area contributed by atoms with Crippen LogP contribution in [-0.2, 0) is 0 Å². The minimum Gasteiger partial charge on any atom is -0.484 e. The fourth-order valence-corrected chi connectivity index (χ4v) is 8.82. The highest BCUT2D eigenvalue weighted by Gasteiger charge is 2.41. The molecule has 12 rings (SSSR count).